The van der Waals surface area contributed by atoms with Crippen LogP contribution in [-0.4, -0.2) is 204 Å². The van der Waals surface area contributed by atoms with E-state index in [1.165, 1.54) is 109 Å². The number of hydrogen-bond acceptors (Lipinski definition) is 22. The van der Waals surface area contributed by atoms with Gasteiger partial charge in [-0.05, 0) is 38.5 Å². The number of rotatable bonds is 46. The van der Waals surface area contributed by atoms with E-state index in [9.17, 15) is 75.2 Å². The predicted molar refractivity (Wildman–Crippen MR) is 300 cm³/mol. The Morgan fingerprint density at radius 1 is 0.451 bits per heavy atom. The molecular weight excluding hydrogens is 1100 g/mol. The van der Waals surface area contributed by atoms with Crippen molar-refractivity contribution >= 4 is 19.8 Å². The molecule has 0 spiro atoms. The molecule has 24 heteroatoms. The lowest BCUT2D eigenvalue weighted by molar-refractivity contribution is -0.360. The minimum Gasteiger partial charge on any atom is -0.462 e. The molecule has 3 rings (SSSR count). The van der Waals surface area contributed by atoms with Crippen molar-refractivity contribution in [2.45, 2.75) is 317 Å². The smallest absolute Gasteiger partial charge is 0.462 e. The second-order valence-corrected chi connectivity index (χ2v) is 24.0. The molecule has 2 saturated heterocycles. The molecule has 1 aliphatic carbocycles. The Morgan fingerprint density at radius 2 is 0.805 bits per heavy atom. The van der Waals surface area contributed by atoms with Gasteiger partial charge in [-0.3, -0.25) is 18.6 Å². The van der Waals surface area contributed by atoms with Crippen molar-refractivity contribution in [1.29, 1.82) is 0 Å². The molecule has 0 radical (unpaired) electrons. The molecule has 2 aliphatic heterocycles. The van der Waals surface area contributed by atoms with E-state index in [2.05, 4.69) is 26.0 Å². The van der Waals surface area contributed by atoms with Crippen LogP contribution in [0.1, 0.15) is 213 Å². The van der Waals surface area contributed by atoms with Gasteiger partial charge in [-0.2, -0.15) is 0 Å². The van der Waals surface area contributed by atoms with Gasteiger partial charge in [0.05, 0.1) is 19.8 Å². The first-order valence-corrected chi connectivity index (χ1v) is 32.5. The van der Waals surface area contributed by atoms with E-state index in [-0.39, 0.29) is 12.8 Å². The third-order valence-electron chi connectivity index (χ3n) is 15.6. The molecule has 82 heavy (non-hydrogen) atoms. The quantitative estimate of drug-likeness (QED) is 0.0163. The monoisotopic (exact) mass is 1200 g/mol. The van der Waals surface area contributed by atoms with E-state index < -0.39 is 150 Å². The third-order valence-corrected chi connectivity index (χ3v) is 16.6. The van der Waals surface area contributed by atoms with Gasteiger partial charge in [0.2, 0.25) is 0 Å². The lowest BCUT2D eigenvalue weighted by Crippen LogP contribution is -2.69. The molecular formula is C58H107O23P. The van der Waals surface area contributed by atoms with Crippen LogP contribution in [0.4, 0.5) is 0 Å². The number of hydrogen-bond donors (Lipinski definition) is 12. The van der Waals surface area contributed by atoms with Crippen molar-refractivity contribution in [1.82, 2.24) is 0 Å². The number of esters is 2. The van der Waals surface area contributed by atoms with E-state index in [0.717, 1.165) is 64.2 Å². The number of ether oxygens (including phenoxy) is 6. The minimum absolute atomic E-state index is 0.0298. The Hall–Kier alpha value is -1.81. The summed E-state index contributed by atoms with van der Waals surface area (Å²) in [6.45, 7) is 1.02. The summed E-state index contributed by atoms with van der Waals surface area (Å²) < 4.78 is 58.2. The minimum atomic E-state index is -5.64. The Balaban J connectivity index is 1.68. The number of carbonyl (C=O) groups excluding carboxylic acids is 2. The maximum atomic E-state index is 14.0. The van der Waals surface area contributed by atoms with Crippen LogP contribution in [-0.2, 0) is 51.6 Å². The second-order valence-electron chi connectivity index (χ2n) is 22.6. The van der Waals surface area contributed by atoms with Crippen LogP contribution < -0.4 is 0 Å². The molecule has 12 N–H and O–H groups in total. The van der Waals surface area contributed by atoms with Crippen LogP contribution in [0.3, 0.4) is 0 Å². The summed E-state index contributed by atoms with van der Waals surface area (Å²) in [4.78, 5) is 37.6. The van der Waals surface area contributed by atoms with E-state index in [0.29, 0.717) is 12.8 Å². The van der Waals surface area contributed by atoms with Gasteiger partial charge in [-0.25, -0.2) is 4.57 Å². The summed E-state index contributed by atoms with van der Waals surface area (Å²) in [5, 5.41) is 117. The average molecular weight is 1200 g/mol. The predicted octanol–water partition coefficient (Wildman–Crippen LogP) is 5.10. The number of unbranched alkanes of at least 4 members (excludes halogenated alkanes) is 26. The van der Waals surface area contributed by atoms with Crippen molar-refractivity contribution < 1.29 is 113 Å². The first kappa shape index (κ1) is 74.4. The van der Waals surface area contributed by atoms with Gasteiger partial charge in [0.1, 0.15) is 92.1 Å². The fourth-order valence-corrected chi connectivity index (χ4v) is 11.4. The van der Waals surface area contributed by atoms with Gasteiger partial charge in [0.25, 0.3) is 0 Å². The van der Waals surface area contributed by atoms with Gasteiger partial charge in [0, 0.05) is 12.8 Å². The Bertz CT molecular complexity index is 1680. The van der Waals surface area contributed by atoms with Crippen molar-refractivity contribution in [3.05, 3.63) is 12.2 Å². The van der Waals surface area contributed by atoms with E-state index in [1.54, 1.807) is 0 Å². The van der Waals surface area contributed by atoms with Crippen molar-refractivity contribution in [3.63, 3.8) is 0 Å². The van der Waals surface area contributed by atoms with Crippen molar-refractivity contribution in [2.75, 3.05) is 26.4 Å². The Morgan fingerprint density at radius 3 is 1.21 bits per heavy atom. The summed E-state index contributed by atoms with van der Waals surface area (Å²) in [6.07, 6.45) is 1.83. The standard InChI is InChI=1S/C58H107O23P/c1-3-5-7-9-11-13-15-17-19-20-21-23-25-27-29-31-33-35-44(62)76-40(38-74-43(61)34-32-30-28-26-24-22-18-16-14-12-10-8-6-4-2)39-75-82(72,73)81-56-54(79-57-52(70)47(65)45(63)41(36-59)77-57)50(68)49(67)51(69)55(56)80-58-53(71)48(66)46(64)42(37-60)78-58/h22,24,40-42,45-60,63-71H,3-21,23,25-39H2,1-2H3,(H,72,73). The normalized spacial score (nSPS) is 30.8. The summed E-state index contributed by atoms with van der Waals surface area (Å²) >= 11 is 0. The molecule has 482 valence electrons. The lowest BCUT2D eigenvalue weighted by atomic mass is 9.84. The van der Waals surface area contributed by atoms with Crippen LogP contribution in [0, 0.1) is 0 Å². The zero-order valence-corrected chi connectivity index (χ0v) is 49.9. The number of aliphatic hydroxyl groups is 11. The molecule has 0 aromatic rings. The van der Waals surface area contributed by atoms with Crippen LogP contribution in [0.2, 0.25) is 0 Å². The van der Waals surface area contributed by atoms with Gasteiger partial charge in [-0.15, -0.1) is 0 Å². The van der Waals surface area contributed by atoms with Gasteiger partial charge in [0.15, 0.2) is 18.7 Å². The Labute approximate surface area is 486 Å². The highest BCUT2D eigenvalue weighted by molar-refractivity contribution is 7.47. The fraction of sp³-hybridized carbons (Fsp3) is 0.931. The van der Waals surface area contributed by atoms with E-state index in [1.807, 2.05) is 0 Å². The van der Waals surface area contributed by atoms with Gasteiger partial charge in [-0.1, -0.05) is 174 Å². The second kappa shape index (κ2) is 42.9. The molecule has 0 aromatic heterocycles. The summed E-state index contributed by atoms with van der Waals surface area (Å²) in [6, 6.07) is 0. The summed E-state index contributed by atoms with van der Waals surface area (Å²) in [5.41, 5.74) is 0. The van der Waals surface area contributed by atoms with Crippen LogP contribution in [0.25, 0.3) is 0 Å². The number of allylic oxidation sites excluding steroid dienone is 2. The highest BCUT2D eigenvalue weighted by Crippen LogP contribution is 2.49. The van der Waals surface area contributed by atoms with Gasteiger partial charge < -0.3 is 89.5 Å². The SMILES string of the molecule is CCCCCCCCCC=CCCCCCC(=O)OCC(COP(=O)(O)OC1C(OC2OC(CO)C(O)C(O)C2O)C(O)C(O)C(O)C1OC1OC(CO)C(O)C(O)C1O)OC(=O)CCCCCCCCCCCCCCCCCCC. The molecule has 16 unspecified atom stereocenters. The zero-order valence-electron chi connectivity index (χ0n) is 49.0. The zero-order chi connectivity index (χ0) is 60.3. The molecule has 3 aliphatic rings. The van der Waals surface area contributed by atoms with E-state index in [4.69, 9.17) is 37.5 Å². The molecule has 23 nitrogen and oxygen atoms in total. The first-order chi connectivity index (χ1) is 39.4. The van der Waals surface area contributed by atoms with E-state index >= 15 is 0 Å². The molecule has 16 atom stereocenters. The largest absolute Gasteiger partial charge is 0.472 e. The highest BCUT2D eigenvalue weighted by Gasteiger charge is 2.58. The number of phosphoric acid groups is 1. The topological polar surface area (TPSA) is 368 Å². The summed E-state index contributed by atoms with van der Waals surface area (Å²) in [7, 11) is -5.64. The summed E-state index contributed by atoms with van der Waals surface area (Å²) in [5.74, 6) is -1.34. The maximum absolute atomic E-state index is 14.0. The number of carbonyl (C=O) groups is 2. The van der Waals surface area contributed by atoms with Crippen LogP contribution in [0.15, 0.2) is 12.2 Å². The average Bonchev–Trinajstić information content (AvgIpc) is 3.66. The lowest BCUT2D eigenvalue weighted by Gasteiger charge is -2.49. The molecule has 2 heterocycles. The molecule has 3 fully saturated rings. The molecule has 0 amide bonds. The van der Waals surface area contributed by atoms with Crippen molar-refractivity contribution in [2.24, 2.45) is 0 Å². The van der Waals surface area contributed by atoms with Crippen molar-refractivity contribution in [3.8, 4) is 0 Å². The molecule has 1 saturated carbocycles. The molecule has 0 bridgehead atoms. The third kappa shape index (κ3) is 27.9. The molecule has 0 aromatic carbocycles. The first-order valence-electron chi connectivity index (χ1n) is 31.0. The van der Waals surface area contributed by atoms with Crippen LogP contribution >= 0.6 is 7.82 Å². The van der Waals surface area contributed by atoms with Gasteiger partial charge >= 0.3 is 19.8 Å². The van der Waals surface area contributed by atoms with Crippen LogP contribution in [0.5, 0.6) is 0 Å². The highest BCUT2D eigenvalue weighted by atomic mass is 31.2. The number of phosphoric ester groups is 1. The number of aliphatic hydroxyl groups excluding tert-OH is 11. The fourth-order valence-electron chi connectivity index (χ4n) is 10.4. The Kier molecular flexibility index (Phi) is 39.0. The maximum Gasteiger partial charge on any atom is 0.472 e.